The molecular weight excluding hydrogens is 222 g/mol. The molecule has 0 heterocycles. The van der Waals surface area contributed by atoms with Crippen molar-refractivity contribution in [3.05, 3.63) is 34.9 Å². The van der Waals surface area contributed by atoms with Gasteiger partial charge >= 0.3 is 0 Å². The van der Waals surface area contributed by atoms with Crippen molar-refractivity contribution in [3.8, 4) is 0 Å². The Balaban J connectivity index is 3.26. The van der Waals surface area contributed by atoms with Gasteiger partial charge in [0.05, 0.1) is 5.54 Å². The largest absolute Gasteiger partial charge is 0.297 e. The van der Waals surface area contributed by atoms with Crippen molar-refractivity contribution in [2.75, 3.05) is 14.1 Å². The fourth-order valence-corrected chi connectivity index (χ4v) is 2.73. The predicted molar refractivity (Wildman–Crippen MR) is 77.2 cm³/mol. The van der Waals surface area contributed by atoms with Crippen LogP contribution in [-0.4, -0.2) is 30.3 Å². The van der Waals surface area contributed by atoms with Gasteiger partial charge in [-0.05, 0) is 46.3 Å². The topological polar surface area (TPSA) is 20.3 Å². The third kappa shape index (κ3) is 2.49. The SMILES string of the molecule is CCC(CC)(C(=O)c1ccc(C)cc1C)N(C)C. The maximum absolute atomic E-state index is 12.9. The molecule has 0 aliphatic rings. The highest BCUT2D eigenvalue weighted by atomic mass is 16.1. The zero-order chi connectivity index (χ0) is 13.9. The van der Waals surface area contributed by atoms with E-state index in [-0.39, 0.29) is 11.3 Å². The van der Waals surface area contributed by atoms with Crippen LogP contribution in [0.2, 0.25) is 0 Å². The van der Waals surface area contributed by atoms with Gasteiger partial charge < -0.3 is 0 Å². The lowest BCUT2D eigenvalue weighted by Crippen LogP contribution is -2.50. The molecule has 0 saturated carbocycles. The second kappa shape index (κ2) is 5.66. The lowest BCUT2D eigenvalue weighted by Gasteiger charge is -2.37. The Morgan fingerprint density at radius 3 is 2.11 bits per heavy atom. The first kappa shape index (κ1) is 14.9. The highest BCUT2D eigenvalue weighted by molar-refractivity contribution is 6.04. The summed E-state index contributed by atoms with van der Waals surface area (Å²) in [6.07, 6.45) is 1.67. The van der Waals surface area contributed by atoms with E-state index in [0.717, 1.165) is 24.0 Å². The van der Waals surface area contributed by atoms with Crippen LogP contribution in [0.15, 0.2) is 18.2 Å². The fraction of sp³-hybridized carbons (Fsp3) is 0.562. The van der Waals surface area contributed by atoms with Crippen LogP contribution in [0.3, 0.4) is 0 Å². The molecule has 1 aromatic carbocycles. The smallest absolute Gasteiger partial charge is 0.183 e. The molecule has 0 unspecified atom stereocenters. The number of ketones is 1. The van der Waals surface area contributed by atoms with E-state index < -0.39 is 0 Å². The molecule has 0 bridgehead atoms. The van der Waals surface area contributed by atoms with Crippen LogP contribution < -0.4 is 0 Å². The van der Waals surface area contributed by atoms with E-state index in [9.17, 15) is 4.79 Å². The minimum Gasteiger partial charge on any atom is -0.297 e. The monoisotopic (exact) mass is 247 g/mol. The van der Waals surface area contributed by atoms with Crippen LogP contribution in [0.25, 0.3) is 0 Å². The van der Waals surface area contributed by atoms with Crippen LogP contribution in [0.1, 0.15) is 48.2 Å². The minimum absolute atomic E-state index is 0.245. The Bertz CT molecular complexity index is 431. The Kier molecular flexibility index (Phi) is 4.69. The highest BCUT2D eigenvalue weighted by Crippen LogP contribution is 2.28. The van der Waals surface area contributed by atoms with E-state index in [0.29, 0.717) is 0 Å². The van der Waals surface area contributed by atoms with Gasteiger partial charge in [-0.1, -0.05) is 37.6 Å². The zero-order valence-corrected chi connectivity index (χ0v) is 12.5. The Morgan fingerprint density at radius 1 is 1.17 bits per heavy atom. The molecule has 0 aliphatic carbocycles. The molecule has 0 fully saturated rings. The summed E-state index contributed by atoms with van der Waals surface area (Å²) in [7, 11) is 3.99. The van der Waals surface area contributed by atoms with Crippen molar-refractivity contribution in [1.82, 2.24) is 4.90 Å². The quantitative estimate of drug-likeness (QED) is 0.741. The molecule has 0 aromatic heterocycles. The number of rotatable bonds is 5. The molecule has 0 N–H and O–H groups in total. The molecule has 0 aliphatic heterocycles. The van der Waals surface area contributed by atoms with E-state index in [1.54, 1.807) is 0 Å². The number of benzene rings is 1. The van der Waals surface area contributed by atoms with E-state index in [2.05, 4.69) is 31.7 Å². The van der Waals surface area contributed by atoms with Crippen molar-refractivity contribution in [2.45, 2.75) is 46.1 Å². The summed E-state index contributed by atoms with van der Waals surface area (Å²) in [6, 6.07) is 6.07. The predicted octanol–water partition coefficient (Wildman–Crippen LogP) is 3.61. The van der Waals surface area contributed by atoms with Crippen molar-refractivity contribution >= 4 is 5.78 Å². The first-order chi connectivity index (χ1) is 8.39. The van der Waals surface area contributed by atoms with E-state index in [1.807, 2.05) is 33.2 Å². The van der Waals surface area contributed by atoms with Gasteiger partial charge in [0.1, 0.15) is 0 Å². The molecule has 0 amide bonds. The van der Waals surface area contributed by atoms with Gasteiger partial charge in [-0.2, -0.15) is 0 Å². The highest BCUT2D eigenvalue weighted by Gasteiger charge is 2.37. The summed E-state index contributed by atoms with van der Waals surface area (Å²) in [5, 5.41) is 0. The summed E-state index contributed by atoms with van der Waals surface area (Å²) in [5.74, 6) is 0.245. The van der Waals surface area contributed by atoms with E-state index in [4.69, 9.17) is 0 Å². The van der Waals surface area contributed by atoms with E-state index >= 15 is 0 Å². The molecule has 0 radical (unpaired) electrons. The van der Waals surface area contributed by atoms with Gasteiger partial charge in [-0.3, -0.25) is 9.69 Å². The molecule has 0 atom stereocenters. The van der Waals surface area contributed by atoms with Crippen molar-refractivity contribution in [3.63, 3.8) is 0 Å². The van der Waals surface area contributed by atoms with Crippen molar-refractivity contribution in [1.29, 1.82) is 0 Å². The summed E-state index contributed by atoms with van der Waals surface area (Å²) in [4.78, 5) is 14.9. The van der Waals surface area contributed by atoms with Gasteiger partial charge in [-0.15, -0.1) is 0 Å². The van der Waals surface area contributed by atoms with Crippen LogP contribution in [0, 0.1) is 13.8 Å². The lowest BCUT2D eigenvalue weighted by atomic mass is 9.82. The molecule has 18 heavy (non-hydrogen) atoms. The molecule has 2 nitrogen and oxygen atoms in total. The van der Waals surface area contributed by atoms with Gasteiger partial charge in [0.2, 0.25) is 0 Å². The first-order valence-electron chi connectivity index (χ1n) is 6.68. The first-order valence-corrected chi connectivity index (χ1v) is 6.68. The molecular formula is C16H25NO. The summed E-state index contributed by atoms with van der Waals surface area (Å²) in [6.45, 7) is 8.25. The molecule has 1 rings (SSSR count). The Labute approximate surface area is 111 Å². The maximum Gasteiger partial charge on any atom is 0.183 e. The molecule has 0 spiro atoms. The van der Waals surface area contributed by atoms with Gasteiger partial charge in [0.15, 0.2) is 5.78 Å². The number of hydrogen-bond donors (Lipinski definition) is 0. The number of Topliss-reactive ketones (excluding diaryl/α,β-unsaturated/α-hetero) is 1. The number of hydrogen-bond acceptors (Lipinski definition) is 2. The number of carbonyl (C=O) groups is 1. The number of aryl methyl sites for hydroxylation is 2. The number of likely N-dealkylation sites (N-methyl/N-ethyl adjacent to an activating group) is 1. The molecule has 2 heteroatoms. The average molecular weight is 247 g/mol. The standard InChI is InChI=1S/C16H25NO/c1-7-16(8-2,17(5)6)15(18)14-10-9-12(3)11-13(14)4/h9-11H,7-8H2,1-6H3. The van der Waals surface area contributed by atoms with Crippen LogP contribution in [0.4, 0.5) is 0 Å². The minimum atomic E-state index is -0.375. The average Bonchev–Trinajstić information content (AvgIpc) is 2.30. The van der Waals surface area contributed by atoms with Crippen LogP contribution in [-0.2, 0) is 0 Å². The summed E-state index contributed by atoms with van der Waals surface area (Å²) >= 11 is 0. The summed E-state index contributed by atoms with van der Waals surface area (Å²) < 4.78 is 0. The van der Waals surface area contributed by atoms with Gasteiger partial charge in [0, 0.05) is 5.56 Å². The Morgan fingerprint density at radius 2 is 1.72 bits per heavy atom. The zero-order valence-electron chi connectivity index (χ0n) is 12.5. The second-order valence-electron chi connectivity index (χ2n) is 5.28. The number of carbonyl (C=O) groups excluding carboxylic acids is 1. The van der Waals surface area contributed by atoms with Crippen LogP contribution in [0.5, 0.6) is 0 Å². The summed E-state index contributed by atoms with van der Waals surface area (Å²) in [5.41, 5.74) is 2.76. The maximum atomic E-state index is 12.9. The number of nitrogens with zero attached hydrogens (tertiary/aromatic N) is 1. The molecule has 100 valence electrons. The third-order valence-corrected chi connectivity index (χ3v) is 4.08. The second-order valence-corrected chi connectivity index (χ2v) is 5.28. The third-order valence-electron chi connectivity index (χ3n) is 4.08. The Hall–Kier alpha value is -1.15. The molecule has 0 saturated heterocycles. The van der Waals surface area contributed by atoms with E-state index in [1.165, 1.54) is 5.56 Å². The van der Waals surface area contributed by atoms with Crippen molar-refractivity contribution < 1.29 is 4.79 Å². The lowest BCUT2D eigenvalue weighted by molar-refractivity contribution is 0.0655. The van der Waals surface area contributed by atoms with Gasteiger partial charge in [0.25, 0.3) is 0 Å². The fourth-order valence-electron chi connectivity index (χ4n) is 2.73. The van der Waals surface area contributed by atoms with Crippen molar-refractivity contribution in [2.24, 2.45) is 0 Å². The molecule has 1 aromatic rings. The normalized spacial score (nSPS) is 11.9. The van der Waals surface area contributed by atoms with Crippen LogP contribution >= 0.6 is 0 Å². The van der Waals surface area contributed by atoms with Gasteiger partial charge in [-0.25, -0.2) is 0 Å².